The van der Waals surface area contributed by atoms with Gasteiger partial charge in [0.15, 0.2) is 11.5 Å². The monoisotopic (exact) mass is 305 g/mol. The third kappa shape index (κ3) is 3.54. The van der Waals surface area contributed by atoms with E-state index in [-0.39, 0.29) is 5.78 Å². The first-order valence-electron chi connectivity index (χ1n) is 7.79. The van der Waals surface area contributed by atoms with Gasteiger partial charge in [-0.2, -0.15) is 0 Å². The van der Waals surface area contributed by atoms with Crippen molar-refractivity contribution in [3.05, 3.63) is 71.9 Å². The van der Waals surface area contributed by atoms with Gasteiger partial charge >= 0.3 is 0 Å². The lowest BCUT2D eigenvalue weighted by atomic mass is 10.1. The quantitative estimate of drug-likeness (QED) is 0.651. The van der Waals surface area contributed by atoms with Gasteiger partial charge in [0.25, 0.3) is 0 Å². The molecular formula is C19H19N3O. The summed E-state index contributed by atoms with van der Waals surface area (Å²) in [6.07, 6.45) is 1.93. The Morgan fingerprint density at radius 2 is 1.65 bits per heavy atom. The second-order valence-corrected chi connectivity index (χ2v) is 5.52. The molecule has 0 spiro atoms. The maximum absolute atomic E-state index is 11.8. The highest BCUT2D eigenvalue weighted by Crippen LogP contribution is 2.22. The number of benzene rings is 2. The molecule has 3 rings (SSSR count). The summed E-state index contributed by atoms with van der Waals surface area (Å²) in [4.78, 5) is 11.8. The molecule has 0 atom stereocenters. The first kappa shape index (κ1) is 15.2. The Labute approximate surface area is 135 Å². The molecule has 0 radical (unpaired) electrons. The van der Waals surface area contributed by atoms with Crippen molar-refractivity contribution in [3.8, 4) is 11.3 Å². The molecule has 4 nitrogen and oxygen atoms in total. The molecule has 0 fully saturated rings. The van der Waals surface area contributed by atoms with Crippen molar-refractivity contribution >= 4 is 5.78 Å². The zero-order chi connectivity index (χ0) is 16.1. The molecule has 0 bridgehead atoms. The number of hydrogen-bond acceptors (Lipinski definition) is 3. The Morgan fingerprint density at radius 1 is 1.00 bits per heavy atom. The van der Waals surface area contributed by atoms with E-state index >= 15 is 0 Å². The van der Waals surface area contributed by atoms with Crippen LogP contribution in [0, 0.1) is 0 Å². The number of hydrogen-bond donors (Lipinski definition) is 0. The molecule has 1 heterocycles. The van der Waals surface area contributed by atoms with Crippen LogP contribution in [0.4, 0.5) is 0 Å². The minimum absolute atomic E-state index is 0.0573. The molecule has 0 saturated carbocycles. The van der Waals surface area contributed by atoms with Gasteiger partial charge in [-0.15, -0.1) is 5.10 Å². The predicted octanol–water partition coefficient (Wildman–Crippen LogP) is 3.78. The lowest BCUT2D eigenvalue weighted by Crippen LogP contribution is -2.05. The van der Waals surface area contributed by atoms with Crippen LogP contribution in [0.5, 0.6) is 0 Å². The molecule has 0 aliphatic carbocycles. The van der Waals surface area contributed by atoms with E-state index in [9.17, 15) is 4.79 Å². The second-order valence-electron chi connectivity index (χ2n) is 5.52. The molecule has 0 unspecified atom stereocenters. The number of Topliss-reactive ketones (excluding diaryl/α,β-unsaturated/α-hetero) is 1. The second kappa shape index (κ2) is 7.01. The summed E-state index contributed by atoms with van der Waals surface area (Å²) in [5.74, 6) is -0.0573. The van der Waals surface area contributed by atoms with E-state index in [1.54, 1.807) is 0 Å². The van der Waals surface area contributed by atoms with E-state index in [1.807, 2.05) is 53.2 Å². The summed E-state index contributed by atoms with van der Waals surface area (Å²) in [6.45, 7) is 2.27. The average molecular weight is 305 g/mol. The molecule has 0 N–H and O–H groups in total. The molecular weight excluding hydrogens is 286 g/mol. The van der Waals surface area contributed by atoms with Crippen molar-refractivity contribution in [1.82, 2.24) is 15.0 Å². The van der Waals surface area contributed by atoms with Gasteiger partial charge in [-0.05, 0) is 18.4 Å². The third-order valence-corrected chi connectivity index (χ3v) is 3.79. The van der Waals surface area contributed by atoms with Crippen LogP contribution in [0.15, 0.2) is 60.7 Å². The zero-order valence-corrected chi connectivity index (χ0v) is 13.1. The number of aromatic nitrogens is 3. The van der Waals surface area contributed by atoms with Crippen molar-refractivity contribution in [2.45, 2.75) is 26.3 Å². The fraction of sp³-hybridized carbons (Fsp3) is 0.211. The Bertz CT molecular complexity index is 779. The highest BCUT2D eigenvalue weighted by Gasteiger charge is 2.17. The van der Waals surface area contributed by atoms with E-state index in [4.69, 9.17) is 0 Å². The van der Waals surface area contributed by atoms with E-state index in [0.29, 0.717) is 5.69 Å². The number of rotatable bonds is 6. The average Bonchev–Trinajstić information content (AvgIpc) is 3.01. The maximum atomic E-state index is 11.8. The van der Waals surface area contributed by atoms with Gasteiger partial charge in [0.1, 0.15) is 0 Å². The number of ketones is 1. The van der Waals surface area contributed by atoms with Crippen molar-refractivity contribution in [1.29, 1.82) is 0 Å². The van der Waals surface area contributed by atoms with Crippen molar-refractivity contribution in [2.75, 3.05) is 0 Å². The Morgan fingerprint density at radius 3 is 2.30 bits per heavy atom. The van der Waals surface area contributed by atoms with Gasteiger partial charge in [-0.3, -0.25) is 4.79 Å². The number of carbonyl (C=O) groups is 1. The van der Waals surface area contributed by atoms with Gasteiger partial charge < -0.3 is 0 Å². The molecule has 1 aromatic heterocycles. The number of carbonyl (C=O) groups excluding carboxylic acids is 1. The SMILES string of the molecule is CC(=O)c1nnn(CCCc2ccccc2)c1-c1ccccc1. The Balaban J connectivity index is 1.81. The normalized spacial score (nSPS) is 10.7. The van der Waals surface area contributed by atoms with Crippen LogP contribution >= 0.6 is 0 Å². The molecule has 2 aromatic carbocycles. The van der Waals surface area contributed by atoms with Crippen LogP contribution < -0.4 is 0 Å². The third-order valence-electron chi connectivity index (χ3n) is 3.79. The van der Waals surface area contributed by atoms with Gasteiger partial charge in [0, 0.05) is 19.0 Å². The van der Waals surface area contributed by atoms with E-state index in [0.717, 1.165) is 30.6 Å². The Hall–Kier alpha value is -2.75. The molecule has 3 aromatic rings. The van der Waals surface area contributed by atoms with Crippen molar-refractivity contribution in [3.63, 3.8) is 0 Å². The largest absolute Gasteiger partial charge is 0.293 e. The summed E-state index contributed by atoms with van der Waals surface area (Å²) in [6, 6.07) is 20.2. The molecule has 116 valence electrons. The fourth-order valence-corrected chi connectivity index (χ4v) is 2.67. The summed E-state index contributed by atoms with van der Waals surface area (Å²) < 4.78 is 1.84. The molecule has 0 aliphatic rings. The van der Waals surface area contributed by atoms with Gasteiger partial charge in [-0.25, -0.2) is 4.68 Å². The van der Waals surface area contributed by atoms with Crippen LogP contribution in [-0.2, 0) is 13.0 Å². The van der Waals surface area contributed by atoms with E-state index in [2.05, 4.69) is 22.4 Å². The molecule has 0 aliphatic heterocycles. The number of nitrogens with zero attached hydrogens (tertiary/aromatic N) is 3. The predicted molar refractivity (Wildman–Crippen MR) is 90.2 cm³/mol. The van der Waals surface area contributed by atoms with Crippen molar-refractivity contribution < 1.29 is 4.79 Å². The lowest BCUT2D eigenvalue weighted by Gasteiger charge is -2.08. The van der Waals surface area contributed by atoms with E-state index in [1.165, 1.54) is 12.5 Å². The summed E-state index contributed by atoms with van der Waals surface area (Å²) in [5.41, 5.74) is 3.53. The standard InChI is InChI=1S/C19H19N3O/c1-15(23)18-19(17-12-6-3-7-13-17)22(21-20-18)14-8-11-16-9-4-2-5-10-16/h2-7,9-10,12-13H,8,11,14H2,1H3. The minimum atomic E-state index is -0.0573. The minimum Gasteiger partial charge on any atom is -0.293 e. The first-order valence-corrected chi connectivity index (χ1v) is 7.79. The number of aryl methyl sites for hydroxylation is 2. The molecule has 4 heteroatoms. The Kier molecular flexibility index (Phi) is 4.62. The summed E-state index contributed by atoms with van der Waals surface area (Å²) in [7, 11) is 0. The van der Waals surface area contributed by atoms with E-state index < -0.39 is 0 Å². The maximum Gasteiger partial charge on any atom is 0.182 e. The topological polar surface area (TPSA) is 47.8 Å². The summed E-state index contributed by atoms with van der Waals surface area (Å²) >= 11 is 0. The van der Waals surface area contributed by atoms with Crippen LogP contribution in [0.25, 0.3) is 11.3 Å². The molecule has 0 saturated heterocycles. The van der Waals surface area contributed by atoms with Crippen LogP contribution in [-0.4, -0.2) is 20.8 Å². The van der Waals surface area contributed by atoms with Crippen LogP contribution in [0.2, 0.25) is 0 Å². The highest BCUT2D eigenvalue weighted by atomic mass is 16.1. The van der Waals surface area contributed by atoms with Gasteiger partial charge in [0.2, 0.25) is 0 Å². The van der Waals surface area contributed by atoms with Gasteiger partial charge in [0.05, 0.1) is 5.69 Å². The fourth-order valence-electron chi connectivity index (χ4n) is 2.67. The molecule has 23 heavy (non-hydrogen) atoms. The summed E-state index contributed by atoms with van der Waals surface area (Å²) in [5, 5.41) is 8.27. The first-order chi connectivity index (χ1) is 11.3. The lowest BCUT2D eigenvalue weighted by molar-refractivity contribution is 0.101. The van der Waals surface area contributed by atoms with Crippen LogP contribution in [0.1, 0.15) is 29.4 Å². The van der Waals surface area contributed by atoms with Gasteiger partial charge in [-0.1, -0.05) is 65.9 Å². The molecule has 0 amide bonds. The highest BCUT2D eigenvalue weighted by molar-refractivity contribution is 5.97. The van der Waals surface area contributed by atoms with Crippen molar-refractivity contribution in [2.24, 2.45) is 0 Å². The zero-order valence-electron chi connectivity index (χ0n) is 13.1. The van der Waals surface area contributed by atoms with Crippen LogP contribution in [0.3, 0.4) is 0 Å². The smallest absolute Gasteiger partial charge is 0.182 e.